The summed E-state index contributed by atoms with van der Waals surface area (Å²) < 4.78 is 67.3. The number of alkyl carbamates (subject to hydrolysis) is 1. The number of nitrogens with one attached hydrogen (secondary N) is 3. The lowest BCUT2D eigenvalue weighted by atomic mass is 9.84. The molecule has 1 heterocycles. The summed E-state index contributed by atoms with van der Waals surface area (Å²) in [5.74, 6) is -5.39. The smallest absolute Gasteiger partial charge is 0.407 e. The van der Waals surface area contributed by atoms with Crippen molar-refractivity contribution in [2.75, 3.05) is 32.2 Å². The first-order chi connectivity index (χ1) is 20.2. The van der Waals surface area contributed by atoms with E-state index in [9.17, 15) is 27.9 Å². The molecule has 1 aliphatic rings. The summed E-state index contributed by atoms with van der Waals surface area (Å²) in [4.78, 5) is 26.2. The van der Waals surface area contributed by atoms with E-state index in [1.807, 2.05) is 0 Å². The highest BCUT2D eigenvalue weighted by molar-refractivity contribution is 5.98. The maximum atomic E-state index is 15.0. The molecule has 0 radical (unpaired) electrons. The van der Waals surface area contributed by atoms with Crippen LogP contribution in [0.3, 0.4) is 0 Å². The molecule has 0 saturated carbocycles. The Morgan fingerprint density at radius 2 is 1.76 bits per heavy atom. The maximum absolute atomic E-state index is 15.0. The number of morpholine rings is 1. The molecule has 3 aromatic rings. The average molecular weight is 590 g/mol. The van der Waals surface area contributed by atoms with E-state index in [-0.39, 0.29) is 42.0 Å². The molecule has 0 spiro atoms. The molecule has 4 unspecified atom stereocenters. The zero-order valence-corrected chi connectivity index (χ0v) is 22.7. The number of ether oxygens (including phenoxy) is 2. The maximum Gasteiger partial charge on any atom is 0.407 e. The number of carbonyl (C=O) groups is 2. The van der Waals surface area contributed by atoms with Crippen LogP contribution in [0.25, 0.3) is 0 Å². The Hall–Kier alpha value is -4.00. The van der Waals surface area contributed by atoms with Crippen molar-refractivity contribution in [3.05, 3.63) is 101 Å². The van der Waals surface area contributed by atoms with Gasteiger partial charge in [0.25, 0.3) is 0 Å². The number of aliphatic hydroxyl groups is 1. The second-order valence-electron chi connectivity index (χ2n) is 9.85. The molecular weight excluding hydrogens is 558 g/mol. The van der Waals surface area contributed by atoms with Gasteiger partial charge in [0.05, 0.1) is 32.5 Å². The summed E-state index contributed by atoms with van der Waals surface area (Å²) in [6.07, 6.45) is -0.641. The topological polar surface area (TPSA) is 109 Å². The van der Waals surface area contributed by atoms with Crippen LogP contribution in [0.4, 0.5) is 28.0 Å². The molecule has 0 aliphatic carbocycles. The molecule has 4 rings (SSSR count). The molecule has 1 aliphatic heterocycles. The van der Waals surface area contributed by atoms with Crippen LogP contribution < -0.4 is 16.0 Å². The van der Waals surface area contributed by atoms with E-state index in [2.05, 4.69) is 16.0 Å². The molecule has 1 saturated heterocycles. The largest absolute Gasteiger partial charge is 0.453 e. The van der Waals surface area contributed by atoms with Gasteiger partial charge < -0.3 is 30.5 Å². The predicted octanol–water partition coefficient (Wildman–Crippen LogP) is 4.02. The third kappa shape index (κ3) is 7.64. The van der Waals surface area contributed by atoms with Crippen LogP contribution in [-0.2, 0) is 20.7 Å². The summed E-state index contributed by atoms with van der Waals surface area (Å²) in [7, 11) is 1.09. The molecule has 3 aromatic carbocycles. The van der Waals surface area contributed by atoms with Crippen molar-refractivity contribution in [3.8, 4) is 0 Å². The van der Waals surface area contributed by atoms with E-state index < -0.39 is 47.2 Å². The Labute approximate surface area is 240 Å². The Morgan fingerprint density at radius 3 is 2.40 bits per heavy atom. The van der Waals surface area contributed by atoms with Crippen molar-refractivity contribution in [2.45, 2.75) is 36.9 Å². The molecule has 1 fully saturated rings. The van der Waals surface area contributed by atoms with Crippen molar-refractivity contribution in [3.63, 3.8) is 0 Å². The summed E-state index contributed by atoms with van der Waals surface area (Å²) in [6, 6.07) is 10.5. The van der Waals surface area contributed by atoms with Gasteiger partial charge in [-0.1, -0.05) is 24.3 Å². The van der Waals surface area contributed by atoms with Crippen LogP contribution in [0.5, 0.6) is 0 Å². The number of hydrogen-bond acceptors (Lipinski definition) is 6. The second-order valence-corrected chi connectivity index (χ2v) is 9.85. The molecule has 0 aromatic heterocycles. The van der Waals surface area contributed by atoms with Gasteiger partial charge >= 0.3 is 6.09 Å². The molecular formula is C30H31F4N3O5. The van der Waals surface area contributed by atoms with Crippen LogP contribution in [0, 0.1) is 23.3 Å². The zero-order valence-electron chi connectivity index (χ0n) is 22.7. The monoisotopic (exact) mass is 589 g/mol. The number of aliphatic hydroxyl groups excluding tert-OH is 1. The summed E-state index contributed by atoms with van der Waals surface area (Å²) in [5.41, 5.74) is 0.750. The van der Waals surface area contributed by atoms with Gasteiger partial charge in [-0.25, -0.2) is 22.4 Å². The number of benzene rings is 3. The number of rotatable bonds is 10. The molecule has 2 amide bonds. The predicted molar refractivity (Wildman–Crippen MR) is 146 cm³/mol. The molecule has 224 valence electrons. The average Bonchev–Trinajstić information content (AvgIpc) is 2.99. The van der Waals surface area contributed by atoms with Crippen LogP contribution >= 0.6 is 0 Å². The quantitative estimate of drug-likeness (QED) is 0.266. The fourth-order valence-electron chi connectivity index (χ4n) is 4.86. The summed E-state index contributed by atoms with van der Waals surface area (Å²) in [5, 5.41) is 17.5. The fraction of sp³-hybridized carbons (Fsp3) is 0.333. The van der Waals surface area contributed by atoms with E-state index in [4.69, 9.17) is 9.47 Å². The van der Waals surface area contributed by atoms with E-state index in [0.717, 1.165) is 31.4 Å². The van der Waals surface area contributed by atoms with Crippen molar-refractivity contribution < 1.29 is 41.7 Å². The van der Waals surface area contributed by atoms with Gasteiger partial charge in [-0.3, -0.25) is 4.79 Å². The molecule has 4 N–H and O–H groups in total. The third-order valence-corrected chi connectivity index (χ3v) is 7.09. The van der Waals surface area contributed by atoms with Gasteiger partial charge in [-0.15, -0.1) is 0 Å². The van der Waals surface area contributed by atoms with Gasteiger partial charge in [0.15, 0.2) is 11.6 Å². The van der Waals surface area contributed by atoms with Gasteiger partial charge in [0.1, 0.15) is 17.7 Å². The fourth-order valence-corrected chi connectivity index (χ4v) is 4.86. The van der Waals surface area contributed by atoms with E-state index in [1.54, 1.807) is 0 Å². The normalized spacial score (nSPS) is 18.1. The Morgan fingerprint density at radius 1 is 1.02 bits per heavy atom. The minimum Gasteiger partial charge on any atom is -0.453 e. The van der Waals surface area contributed by atoms with E-state index in [0.29, 0.717) is 25.1 Å². The SMILES string of the molecule is COC(=O)NC(C(=O)Nc1cccc(F)c1CCC1CNC(CO)CO1)C(c1ccc(F)cc1)c1ccc(F)c(F)c1. The third-order valence-electron chi connectivity index (χ3n) is 7.09. The Bertz CT molecular complexity index is 1380. The number of amides is 2. The highest BCUT2D eigenvalue weighted by Gasteiger charge is 2.34. The van der Waals surface area contributed by atoms with Gasteiger partial charge in [0, 0.05) is 23.7 Å². The Kier molecular flexibility index (Phi) is 10.5. The van der Waals surface area contributed by atoms with Crippen LogP contribution in [0.2, 0.25) is 0 Å². The lowest BCUT2D eigenvalue weighted by Crippen LogP contribution is -2.48. The van der Waals surface area contributed by atoms with Gasteiger partial charge in [-0.05, 0) is 60.4 Å². The van der Waals surface area contributed by atoms with Crippen molar-refractivity contribution in [2.24, 2.45) is 0 Å². The van der Waals surface area contributed by atoms with Crippen molar-refractivity contribution in [1.82, 2.24) is 10.6 Å². The number of halogens is 4. The van der Waals surface area contributed by atoms with Crippen molar-refractivity contribution in [1.29, 1.82) is 0 Å². The minimum atomic E-state index is -1.48. The van der Waals surface area contributed by atoms with Gasteiger partial charge in [-0.2, -0.15) is 0 Å². The molecule has 8 nitrogen and oxygen atoms in total. The molecule has 12 heteroatoms. The molecule has 42 heavy (non-hydrogen) atoms. The summed E-state index contributed by atoms with van der Waals surface area (Å²) >= 11 is 0. The first-order valence-corrected chi connectivity index (χ1v) is 13.3. The van der Waals surface area contributed by atoms with E-state index in [1.165, 1.54) is 36.4 Å². The number of anilines is 1. The van der Waals surface area contributed by atoms with Crippen LogP contribution in [0.15, 0.2) is 60.7 Å². The first-order valence-electron chi connectivity index (χ1n) is 13.3. The van der Waals surface area contributed by atoms with Crippen LogP contribution in [-0.4, -0.2) is 62.2 Å². The lowest BCUT2D eigenvalue weighted by Gasteiger charge is -2.30. The van der Waals surface area contributed by atoms with Crippen molar-refractivity contribution >= 4 is 17.7 Å². The van der Waals surface area contributed by atoms with Gasteiger partial charge in [0.2, 0.25) is 5.91 Å². The standard InChI is InChI=1S/C30H31F4N3O5/c1-41-30(40)37-28(27(17-5-8-19(31)9-6-17)18-7-12-24(33)25(34)13-18)29(39)36-26-4-2-3-23(32)22(26)11-10-21-14-35-20(15-38)16-42-21/h2-9,12-13,20-21,27-28,35,38H,10-11,14-16H2,1H3,(H,36,39)(H,37,40). The number of hydrogen-bond donors (Lipinski definition) is 4. The highest BCUT2D eigenvalue weighted by atomic mass is 19.2. The number of carbonyl (C=O) groups excluding carboxylic acids is 2. The minimum absolute atomic E-state index is 0.0690. The Balaban J connectivity index is 1.65. The second kappa shape index (κ2) is 14.3. The summed E-state index contributed by atoms with van der Waals surface area (Å²) in [6.45, 7) is 0.693. The molecule has 4 atom stereocenters. The van der Waals surface area contributed by atoms with Crippen LogP contribution in [0.1, 0.15) is 29.0 Å². The highest BCUT2D eigenvalue weighted by Crippen LogP contribution is 2.31. The molecule has 0 bridgehead atoms. The number of methoxy groups -OCH3 is 1. The lowest BCUT2D eigenvalue weighted by molar-refractivity contribution is -0.118. The first kappa shape index (κ1) is 30.9. The van der Waals surface area contributed by atoms with E-state index >= 15 is 4.39 Å². The zero-order chi connectivity index (χ0) is 30.2.